The predicted molar refractivity (Wildman–Crippen MR) is 70.7 cm³/mol. The van der Waals surface area contributed by atoms with Gasteiger partial charge in [0, 0.05) is 38.6 Å². The monoisotopic (exact) mass is 241 g/mol. The summed E-state index contributed by atoms with van der Waals surface area (Å²) in [5.74, 6) is 0.508. The highest BCUT2D eigenvalue weighted by Crippen LogP contribution is 2.26. The van der Waals surface area contributed by atoms with E-state index in [1.165, 1.54) is 0 Å². The second kappa shape index (κ2) is 4.94. The predicted octanol–water partition coefficient (Wildman–Crippen LogP) is 0.911. The second-order valence-electron chi connectivity index (χ2n) is 6.34. The fourth-order valence-electron chi connectivity index (χ4n) is 2.74. The Morgan fingerprint density at radius 3 is 2.24 bits per heavy atom. The quantitative estimate of drug-likeness (QED) is 0.742. The third-order valence-corrected chi connectivity index (χ3v) is 3.85. The van der Waals surface area contributed by atoms with Crippen LogP contribution in [0.2, 0.25) is 0 Å². The topological polar surface area (TPSA) is 49.6 Å². The molecule has 1 rings (SSSR count). The minimum Gasteiger partial charge on any atom is -0.341 e. The van der Waals surface area contributed by atoms with Crippen molar-refractivity contribution < 1.29 is 4.79 Å². The summed E-state index contributed by atoms with van der Waals surface area (Å²) in [7, 11) is 1.86. The lowest BCUT2D eigenvalue weighted by molar-refractivity contribution is -0.132. The van der Waals surface area contributed by atoms with Crippen molar-refractivity contribution in [1.82, 2.24) is 9.80 Å². The van der Waals surface area contributed by atoms with Gasteiger partial charge in [-0.2, -0.15) is 0 Å². The Morgan fingerprint density at radius 2 is 1.88 bits per heavy atom. The molecule has 4 nitrogen and oxygen atoms in total. The molecule has 0 radical (unpaired) electrons. The molecule has 0 unspecified atom stereocenters. The van der Waals surface area contributed by atoms with Gasteiger partial charge >= 0.3 is 0 Å². The van der Waals surface area contributed by atoms with Gasteiger partial charge in [0.15, 0.2) is 0 Å². The van der Waals surface area contributed by atoms with Crippen LogP contribution in [0.5, 0.6) is 0 Å². The number of nitrogens with two attached hydrogens (primary N) is 1. The molecule has 1 fully saturated rings. The number of likely N-dealkylation sites (tertiary alicyclic amines) is 1. The second-order valence-corrected chi connectivity index (χ2v) is 6.34. The summed E-state index contributed by atoms with van der Waals surface area (Å²) < 4.78 is 0. The maximum absolute atomic E-state index is 11.5. The summed E-state index contributed by atoms with van der Waals surface area (Å²) in [5.41, 5.74) is 6.40. The normalized spacial score (nSPS) is 31.4. The van der Waals surface area contributed by atoms with Gasteiger partial charge in [0.2, 0.25) is 5.91 Å². The van der Waals surface area contributed by atoms with E-state index in [1.54, 1.807) is 11.8 Å². The zero-order valence-electron chi connectivity index (χ0n) is 12.0. The molecule has 17 heavy (non-hydrogen) atoms. The Hall–Kier alpha value is -0.610. The summed E-state index contributed by atoms with van der Waals surface area (Å²) in [4.78, 5) is 15.7. The number of amides is 1. The lowest BCUT2D eigenvalue weighted by Crippen LogP contribution is -2.64. The molecule has 4 heteroatoms. The molecule has 0 saturated carbocycles. The standard InChI is InChI=1S/C13H27N3O/c1-9-7-16(13(3,4)5)8-11(14)12(9)15(6)10(2)17/h9,11-12H,7-8,14H2,1-6H3/t9-,11+,12-/m0/s1. The van der Waals surface area contributed by atoms with E-state index < -0.39 is 0 Å². The summed E-state index contributed by atoms with van der Waals surface area (Å²) >= 11 is 0. The van der Waals surface area contributed by atoms with E-state index in [4.69, 9.17) is 5.73 Å². The average Bonchev–Trinajstić information content (AvgIpc) is 2.14. The average molecular weight is 241 g/mol. The highest BCUT2D eigenvalue weighted by Gasteiger charge is 2.38. The molecular formula is C13H27N3O. The van der Waals surface area contributed by atoms with E-state index >= 15 is 0 Å². The van der Waals surface area contributed by atoms with E-state index in [-0.39, 0.29) is 23.5 Å². The number of likely N-dealkylation sites (N-methyl/N-ethyl adjacent to an activating group) is 1. The number of hydrogen-bond donors (Lipinski definition) is 1. The Labute approximate surface area is 105 Å². The lowest BCUT2D eigenvalue weighted by atomic mass is 9.86. The minimum atomic E-state index is 0.0341. The first-order valence-electron chi connectivity index (χ1n) is 6.38. The summed E-state index contributed by atoms with van der Waals surface area (Å²) in [5, 5.41) is 0. The maximum atomic E-state index is 11.5. The molecule has 3 atom stereocenters. The Kier molecular flexibility index (Phi) is 4.20. The van der Waals surface area contributed by atoms with E-state index in [0.29, 0.717) is 5.92 Å². The van der Waals surface area contributed by atoms with Gasteiger partial charge in [0.05, 0.1) is 6.04 Å². The highest BCUT2D eigenvalue weighted by molar-refractivity contribution is 5.73. The summed E-state index contributed by atoms with van der Waals surface area (Å²) in [6.45, 7) is 12.3. The molecule has 0 aromatic carbocycles. The molecule has 100 valence electrons. The third-order valence-electron chi connectivity index (χ3n) is 3.85. The van der Waals surface area contributed by atoms with Crippen LogP contribution < -0.4 is 5.73 Å². The van der Waals surface area contributed by atoms with Crippen molar-refractivity contribution in [3.8, 4) is 0 Å². The summed E-state index contributed by atoms with van der Waals surface area (Å²) in [6.07, 6.45) is 0. The largest absolute Gasteiger partial charge is 0.341 e. The summed E-state index contributed by atoms with van der Waals surface area (Å²) in [6, 6.07) is 0.193. The first-order chi connectivity index (χ1) is 7.64. The van der Waals surface area contributed by atoms with Gasteiger partial charge in [-0.25, -0.2) is 0 Å². The van der Waals surface area contributed by atoms with E-state index in [1.807, 2.05) is 7.05 Å². The van der Waals surface area contributed by atoms with E-state index in [9.17, 15) is 4.79 Å². The fourth-order valence-corrected chi connectivity index (χ4v) is 2.74. The number of nitrogens with zero attached hydrogens (tertiary/aromatic N) is 2. The van der Waals surface area contributed by atoms with Crippen LogP contribution in [0.1, 0.15) is 34.6 Å². The van der Waals surface area contributed by atoms with Crippen LogP contribution in [0.4, 0.5) is 0 Å². The molecule has 0 aliphatic carbocycles. The van der Waals surface area contributed by atoms with Crippen LogP contribution in [-0.2, 0) is 4.79 Å². The molecule has 1 saturated heterocycles. The molecule has 1 amide bonds. The fraction of sp³-hybridized carbons (Fsp3) is 0.923. The van der Waals surface area contributed by atoms with E-state index in [2.05, 4.69) is 32.6 Å². The Bertz CT molecular complexity index is 273. The number of carbonyl (C=O) groups is 1. The van der Waals surface area contributed by atoms with Crippen molar-refractivity contribution in [3.05, 3.63) is 0 Å². The van der Waals surface area contributed by atoms with Crippen molar-refractivity contribution in [2.75, 3.05) is 20.1 Å². The zero-order chi connectivity index (χ0) is 13.4. The van der Waals surface area contributed by atoms with Gasteiger partial charge in [-0.1, -0.05) is 6.92 Å². The molecule has 0 spiro atoms. The highest BCUT2D eigenvalue weighted by atomic mass is 16.2. The van der Waals surface area contributed by atoms with Crippen molar-refractivity contribution in [3.63, 3.8) is 0 Å². The van der Waals surface area contributed by atoms with Crippen LogP contribution >= 0.6 is 0 Å². The van der Waals surface area contributed by atoms with Gasteiger partial charge in [0.1, 0.15) is 0 Å². The van der Waals surface area contributed by atoms with Crippen molar-refractivity contribution in [2.45, 2.75) is 52.2 Å². The van der Waals surface area contributed by atoms with Gasteiger partial charge in [0.25, 0.3) is 0 Å². The van der Waals surface area contributed by atoms with Gasteiger partial charge < -0.3 is 10.6 Å². The van der Waals surface area contributed by atoms with Gasteiger partial charge in [-0.05, 0) is 26.7 Å². The first kappa shape index (κ1) is 14.5. The van der Waals surface area contributed by atoms with Gasteiger partial charge in [-0.3, -0.25) is 9.69 Å². The van der Waals surface area contributed by atoms with Crippen LogP contribution in [0.25, 0.3) is 0 Å². The molecular weight excluding hydrogens is 214 g/mol. The van der Waals surface area contributed by atoms with Gasteiger partial charge in [-0.15, -0.1) is 0 Å². The Balaban J connectivity index is 2.79. The molecule has 1 aliphatic rings. The Morgan fingerprint density at radius 1 is 1.35 bits per heavy atom. The minimum absolute atomic E-state index is 0.0341. The number of rotatable bonds is 1. The molecule has 0 bridgehead atoms. The van der Waals surface area contributed by atoms with Crippen LogP contribution in [-0.4, -0.2) is 53.5 Å². The van der Waals surface area contributed by atoms with Crippen molar-refractivity contribution >= 4 is 5.91 Å². The maximum Gasteiger partial charge on any atom is 0.219 e. The van der Waals surface area contributed by atoms with Crippen LogP contribution in [0.3, 0.4) is 0 Å². The molecule has 1 heterocycles. The molecule has 1 aliphatic heterocycles. The van der Waals surface area contributed by atoms with Crippen LogP contribution in [0.15, 0.2) is 0 Å². The SMILES string of the molecule is CC(=O)N(C)[C@@H]1[C@H](N)CN(C(C)(C)C)C[C@@H]1C. The zero-order valence-corrected chi connectivity index (χ0v) is 12.0. The van der Waals surface area contributed by atoms with Crippen LogP contribution in [0, 0.1) is 5.92 Å². The molecule has 2 N–H and O–H groups in total. The number of carbonyl (C=O) groups excluding carboxylic acids is 1. The van der Waals surface area contributed by atoms with Crippen molar-refractivity contribution in [1.29, 1.82) is 0 Å². The van der Waals surface area contributed by atoms with E-state index in [0.717, 1.165) is 13.1 Å². The third kappa shape index (κ3) is 3.19. The number of piperidine rings is 1. The lowest BCUT2D eigenvalue weighted by Gasteiger charge is -2.49. The number of hydrogen-bond acceptors (Lipinski definition) is 3. The first-order valence-corrected chi connectivity index (χ1v) is 6.38. The molecule has 0 aromatic heterocycles. The van der Waals surface area contributed by atoms with Crippen molar-refractivity contribution in [2.24, 2.45) is 11.7 Å². The molecule has 0 aromatic rings. The smallest absolute Gasteiger partial charge is 0.219 e.